The molecule has 0 amide bonds. The molecule has 122 valence electrons. The number of anilines is 2. The average molecular weight is 330 g/mol. The Kier molecular flexibility index (Phi) is 3.67. The summed E-state index contributed by atoms with van der Waals surface area (Å²) in [6.07, 6.45) is 1.70. The molecule has 0 aromatic carbocycles. The van der Waals surface area contributed by atoms with Crippen molar-refractivity contribution in [3.05, 3.63) is 23.1 Å². The van der Waals surface area contributed by atoms with Crippen LogP contribution in [-0.2, 0) is 0 Å². The zero-order chi connectivity index (χ0) is 16.0. The van der Waals surface area contributed by atoms with E-state index in [4.69, 9.17) is 0 Å². The minimum Gasteiger partial charge on any atom is -0.356 e. The number of rotatable bonds is 3. The lowest BCUT2D eigenvalue weighted by Crippen LogP contribution is -2.29. The van der Waals surface area contributed by atoms with Crippen molar-refractivity contribution < 1.29 is 0 Å². The fraction of sp³-hybridized carbons (Fsp3) is 0.625. The molecular weight excluding hydrogens is 308 g/mol. The number of fused-ring (bicyclic) bond motifs is 1. The van der Waals surface area contributed by atoms with Crippen molar-refractivity contribution in [2.75, 3.05) is 36.0 Å². The van der Waals surface area contributed by atoms with Gasteiger partial charge in [0, 0.05) is 49.8 Å². The number of hydrogen-bond acceptors (Lipinski definition) is 7. The van der Waals surface area contributed by atoms with Crippen LogP contribution in [0.4, 0.5) is 10.9 Å². The second-order valence-corrected chi connectivity index (χ2v) is 8.05. The average Bonchev–Trinajstić information content (AvgIpc) is 3.20. The van der Waals surface area contributed by atoms with E-state index < -0.39 is 0 Å². The maximum Gasteiger partial charge on any atom is 0.208 e. The van der Waals surface area contributed by atoms with Gasteiger partial charge in [0.2, 0.25) is 5.13 Å². The molecule has 0 N–H and O–H groups in total. The lowest BCUT2D eigenvalue weighted by atomic mass is 10.0. The van der Waals surface area contributed by atoms with E-state index in [9.17, 15) is 0 Å². The van der Waals surface area contributed by atoms with Gasteiger partial charge >= 0.3 is 0 Å². The largest absolute Gasteiger partial charge is 0.356 e. The third-order valence-corrected chi connectivity index (χ3v) is 5.76. The molecule has 2 aliphatic heterocycles. The van der Waals surface area contributed by atoms with Gasteiger partial charge in [-0.25, -0.2) is 9.97 Å². The first-order valence-electron chi connectivity index (χ1n) is 8.22. The molecule has 2 aliphatic rings. The SMILES string of the molecule is Cc1nnc(N2CC3CN(c4cc(C(C)C)ncn4)CC3C2)s1. The molecule has 2 atom stereocenters. The summed E-state index contributed by atoms with van der Waals surface area (Å²) in [6, 6.07) is 2.15. The van der Waals surface area contributed by atoms with Crippen LogP contribution in [0.3, 0.4) is 0 Å². The van der Waals surface area contributed by atoms with E-state index in [0.717, 1.165) is 47.8 Å². The normalized spacial score (nSPS) is 23.8. The molecule has 0 aliphatic carbocycles. The Bertz CT molecular complexity index is 685. The van der Waals surface area contributed by atoms with Gasteiger partial charge in [-0.1, -0.05) is 25.2 Å². The van der Waals surface area contributed by atoms with Crippen molar-refractivity contribution in [3.8, 4) is 0 Å². The third-order valence-electron chi connectivity index (χ3n) is 4.86. The fourth-order valence-corrected chi connectivity index (χ4v) is 4.31. The van der Waals surface area contributed by atoms with Crippen LogP contribution in [0.2, 0.25) is 0 Å². The van der Waals surface area contributed by atoms with Crippen LogP contribution in [0, 0.1) is 18.8 Å². The zero-order valence-corrected chi connectivity index (χ0v) is 14.6. The van der Waals surface area contributed by atoms with Crippen LogP contribution < -0.4 is 9.80 Å². The monoisotopic (exact) mass is 330 g/mol. The Morgan fingerprint density at radius 2 is 1.74 bits per heavy atom. The highest BCUT2D eigenvalue weighted by atomic mass is 32.1. The molecule has 7 heteroatoms. The van der Waals surface area contributed by atoms with Crippen molar-refractivity contribution >= 4 is 22.3 Å². The van der Waals surface area contributed by atoms with Gasteiger partial charge in [0.05, 0.1) is 0 Å². The first-order valence-corrected chi connectivity index (χ1v) is 9.03. The third kappa shape index (κ3) is 2.78. The number of aromatic nitrogens is 4. The fourth-order valence-electron chi connectivity index (χ4n) is 3.60. The quantitative estimate of drug-likeness (QED) is 0.861. The van der Waals surface area contributed by atoms with Gasteiger partial charge < -0.3 is 9.80 Å². The topological polar surface area (TPSA) is 58.0 Å². The minimum absolute atomic E-state index is 0.440. The summed E-state index contributed by atoms with van der Waals surface area (Å²) in [5, 5.41) is 10.6. The molecular formula is C16H22N6S. The summed E-state index contributed by atoms with van der Waals surface area (Å²) in [5.41, 5.74) is 1.12. The molecule has 2 saturated heterocycles. The molecule has 0 spiro atoms. The lowest BCUT2D eigenvalue weighted by Gasteiger charge is -2.22. The van der Waals surface area contributed by atoms with E-state index in [1.807, 2.05) is 6.92 Å². The predicted molar refractivity (Wildman–Crippen MR) is 92.2 cm³/mol. The first-order chi connectivity index (χ1) is 11.1. The maximum absolute atomic E-state index is 4.49. The standard InChI is InChI=1S/C16H22N6S/c1-10(2)14-4-15(18-9-17-14)21-5-12-7-22(8-13(12)6-21)16-20-19-11(3)23-16/h4,9-10,12-13H,5-8H2,1-3H3. The van der Waals surface area contributed by atoms with Crippen LogP contribution in [-0.4, -0.2) is 46.3 Å². The summed E-state index contributed by atoms with van der Waals surface area (Å²) in [6.45, 7) is 10.7. The molecule has 0 bridgehead atoms. The smallest absolute Gasteiger partial charge is 0.208 e. The second kappa shape index (κ2) is 5.70. The van der Waals surface area contributed by atoms with Gasteiger partial charge in [-0.15, -0.1) is 10.2 Å². The van der Waals surface area contributed by atoms with Crippen molar-refractivity contribution in [3.63, 3.8) is 0 Å². The van der Waals surface area contributed by atoms with Crippen molar-refractivity contribution in [2.45, 2.75) is 26.7 Å². The van der Waals surface area contributed by atoms with Crippen molar-refractivity contribution in [1.29, 1.82) is 0 Å². The molecule has 2 aromatic heterocycles. The minimum atomic E-state index is 0.440. The lowest BCUT2D eigenvalue weighted by molar-refractivity contribution is 0.533. The van der Waals surface area contributed by atoms with Crippen LogP contribution >= 0.6 is 11.3 Å². The molecule has 6 nitrogen and oxygen atoms in total. The summed E-state index contributed by atoms with van der Waals surface area (Å²) in [7, 11) is 0. The molecule has 4 rings (SSSR count). The van der Waals surface area contributed by atoms with Crippen molar-refractivity contribution in [1.82, 2.24) is 20.2 Å². The molecule has 2 aromatic rings. The zero-order valence-electron chi connectivity index (χ0n) is 13.8. The van der Waals surface area contributed by atoms with Gasteiger partial charge in [0.1, 0.15) is 17.2 Å². The molecule has 0 radical (unpaired) electrons. The van der Waals surface area contributed by atoms with Crippen LogP contribution in [0.5, 0.6) is 0 Å². The number of aryl methyl sites for hydroxylation is 1. The molecule has 2 fully saturated rings. The Hall–Kier alpha value is -1.76. The summed E-state index contributed by atoms with van der Waals surface area (Å²) in [4.78, 5) is 13.7. The molecule has 0 saturated carbocycles. The van der Waals surface area contributed by atoms with E-state index in [1.54, 1.807) is 17.7 Å². The Balaban J connectivity index is 1.45. The van der Waals surface area contributed by atoms with Crippen LogP contribution in [0.1, 0.15) is 30.5 Å². The van der Waals surface area contributed by atoms with Gasteiger partial charge in [-0.2, -0.15) is 0 Å². The molecule has 2 unspecified atom stereocenters. The van der Waals surface area contributed by atoms with Crippen molar-refractivity contribution in [2.24, 2.45) is 11.8 Å². The maximum atomic E-state index is 4.49. The van der Waals surface area contributed by atoms with E-state index in [1.165, 1.54) is 0 Å². The van der Waals surface area contributed by atoms with E-state index in [0.29, 0.717) is 17.8 Å². The second-order valence-electron chi connectivity index (χ2n) is 6.89. The van der Waals surface area contributed by atoms with Crippen LogP contribution in [0.15, 0.2) is 12.4 Å². The van der Waals surface area contributed by atoms with Gasteiger partial charge in [-0.05, 0) is 12.8 Å². The highest BCUT2D eigenvalue weighted by molar-refractivity contribution is 7.15. The highest BCUT2D eigenvalue weighted by Gasteiger charge is 2.41. The van der Waals surface area contributed by atoms with Gasteiger partial charge in [0.15, 0.2) is 0 Å². The first kappa shape index (κ1) is 14.8. The van der Waals surface area contributed by atoms with Crippen LogP contribution in [0.25, 0.3) is 0 Å². The highest BCUT2D eigenvalue weighted by Crippen LogP contribution is 2.36. The predicted octanol–water partition coefficient (Wildman–Crippen LogP) is 2.33. The molecule has 4 heterocycles. The Morgan fingerprint density at radius 3 is 2.35 bits per heavy atom. The van der Waals surface area contributed by atoms with Gasteiger partial charge in [0.25, 0.3) is 0 Å². The number of hydrogen-bond donors (Lipinski definition) is 0. The summed E-state index contributed by atoms with van der Waals surface area (Å²) < 4.78 is 0. The van der Waals surface area contributed by atoms with E-state index in [2.05, 4.69) is 49.9 Å². The van der Waals surface area contributed by atoms with Gasteiger partial charge in [-0.3, -0.25) is 0 Å². The summed E-state index contributed by atoms with van der Waals surface area (Å²) >= 11 is 1.70. The summed E-state index contributed by atoms with van der Waals surface area (Å²) in [5.74, 6) is 2.90. The Morgan fingerprint density at radius 1 is 1.04 bits per heavy atom. The van der Waals surface area contributed by atoms with E-state index in [-0.39, 0.29) is 0 Å². The number of nitrogens with zero attached hydrogens (tertiary/aromatic N) is 6. The Labute approximate surface area is 140 Å². The van der Waals surface area contributed by atoms with E-state index >= 15 is 0 Å². The molecule has 23 heavy (non-hydrogen) atoms.